The number of aromatic amines is 1. The fourth-order valence-electron chi connectivity index (χ4n) is 3.03. The normalized spacial score (nSPS) is 23.4. The van der Waals surface area contributed by atoms with E-state index in [0.29, 0.717) is 12.2 Å². The number of nitrogens with zero attached hydrogens (tertiary/aromatic N) is 1. The molecule has 3 rings (SSSR count). The Hall–Kier alpha value is -1.40. The number of amides is 1. The Kier molecular flexibility index (Phi) is 4.03. The molecule has 2 unspecified atom stereocenters. The second-order valence-electron chi connectivity index (χ2n) is 5.50. The number of aromatic nitrogens is 2. The van der Waals surface area contributed by atoms with Crippen LogP contribution in [-0.2, 0) is 17.7 Å². The van der Waals surface area contributed by atoms with E-state index in [1.165, 1.54) is 0 Å². The first-order valence-electron chi connectivity index (χ1n) is 7.49. The molecule has 3 N–H and O–H groups in total. The van der Waals surface area contributed by atoms with E-state index in [0.717, 1.165) is 50.1 Å². The van der Waals surface area contributed by atoms with Crippen LogP contribution in [0.3, 0.4) is 0 Å². The molecule has 0 aliphatic carbocycles. The Balaban J connectivity index is 1.70. The smallest absolute Gasteiger partial charge is 0.272 e. The second kappa shape index (κ2) is 5.93. The minimum atomic E-state index is -0.0893. The first kappa shape index (κ1) is 13.6. The van der Waals surface area contributed by atoms with E-state index < -0.39 is 0 Å². The summed E-state index contributed by atoms with van der Waals surface area (Å²) >= 11 is 0. The van der Waals surface area contributed by atoms with Crippen LogP contribution >= 0.6 is 0 Å². The highest BCUT2D eigenvalue weighted by Gasteiger charge is 2.28. The molecule has 1 amide bonds. The van der Waals surface area contributed by atoms with Gasteiger partial charge in [0.1, 0.15) is 0 Å². The van der Waals surface area contributed by atoms with Crippen molar-refractivity contribution in [3.8, 4) is 0 Å². The van der Waals surface area contributed by atoms with Crippen molar-refractivity contribution in [2.24, 2.45) is 0 Å². The van der Waals surface area contributed by atoms with Gasteiger partial charge in [-0.2, -0.15) is 5.10 Å². The van der Waals surface area contributed by atoms with Crippen LogP contribution in [0.15, 0.2) is 0 Å². The average molecular weight is 278 g/mol. The zero-order valence-electron chi connectivity index (χ0n) is 11.9. The number of rotatable bonds is 4. The van der Waals surface area contributed by atoms with Crippen molar-refractivity contribution in [3.63, 3.8) is 0 Å². The molecule has 0 saturated carbocycles. The van der Waals surface area contributed by atoms with Gasteiger partial charge in [0.2, 0.25) is 0 Å². The van der Waals surface area contributed by atoms with Crippen LogP contribution in [0.2, 0.25) is 0 Å². The van der Waals surface area contributed by atoms with Gasteiger partial charge in [-0.3, -0.25) is 9.89 Å². The third-order valence-electron chi connectivity index (χ3n) is 4.19. The Morgan fingerprint density at radius 1 is 1.60 bits per heavy atom. The summed E-state index contributed by atoms with van der Waals surface area (Å²) in [5, 5.41) is 13.5. The summed E-state index contributed by atoms with van der Waals surface area (Å²) in [6, 6.07) is 0.0777. The maximum atomic E-state index is 12.4. The lowest BCUT2D eigenvalue weighted by molar-refractivity contribution is 0.0662. The third-order valence-corrected chi connectivity index (χ3v) is 4.19. The summed E-state index contributed by atoms with van der Waals surface area (Å²) in [7, 11) is 0. The summed E-state index contributed by atoms with van der Waals surface area (Å²) in [6.45, 7) is 4.53. The molecule has 6 heteroatoms. The van der Waals surface area contributed by atoms with Crippen molar-refractivity contribution in [3.05, 3.63) is 17.0 Å². The second-order valence-corrected chi connectivity index (χ2v) is 5.50. The highest BCUT2D eigenvalue weighted by molar-refractivity contribution is 5.94. The molecular formula is C14H22N4O2. The fraction of sp³-hybridized carbons (Fsp3) is 0.714. The fourth-order valence-corrected chi connectivity index (χ4v) is 3.03. The molecule has 1 fully saturated rings. The van der Waals surface area contributed by atoms with Gasteiger partial charge in [0.05, 0.1) is 12.1 Å². The summed E-state index contributed by atoms with van der Waals surface area (Å²) in [5.41, 5.74) is 2.62. The Bertz CT molecular complexity index is 480. The minimum Gasteiger partial charge on any atom is -0.376 e. The van der Waals surface area contributed by atoms with E-state index in [-0.39, 0.29) is 18.1 Å². The average Bonchev–Trinajstić information content (AvgIpc) is 3.13. The van der Waals surface area contributed by atoms with E-state index in [9.17, 15) is 4.79 Å². The number of fused-ring (bicyclic) bond motifs is 1. The van der Waals surface area contributed by atoms with Crippen LogP contribution in [-0.4, -0.2) is 41.4 Å². The van der Waals surface area contributed by atoms with E-state index in [4.69, 9.17) is 4.74 Å². The van der Waals surface area contributed by atoms with Gasteiger partial charge in [-0.1, -0.05) is 6.92 Å². The van der Waals surface area contributed by atoms with Crippen LogP contribution in [0.4, 0.5) is 0 Å². The molecule has 0 aromatic carbocycles. The number of carbonyl (C=O) groups excluding carboxylic acids is 1. The third kappa shape index (κ3) is 2.58. The van der Waals surface area contributed by atoms with Crippen LogP contribution in [0, 0.1) is 0 Å². The lowest BCUT2D eigenvalue weighted by Gasteiger charge is -2.22. The molecule has 0 spiro atoms. The molecular weight excluding hydrogens is 256 g/mol. The van der Waals surface area contributed by atoms with Crippen molar-refractivity contribution >= 4 is 5.91 Å². The van der Waals surface area contributed by atoms with Crippen LogP contribution < -0.4 is 10.6 Å². The Labute approximate surface area is 118 Å². The highest BCUT2D eigenvalue weighted by Crippen LogP contribution is 2.19. The maximum absolute atomic E-state index is 12.4. The van der Waals surface area contributed by atoms with Gasteiger partial charge in [0.25, 0.3) is 5.91 Å². The number of hydrogen-bond acceptors (Lipinski definition) is 4. The predicted octanol–water partition coefficient (Wildman–Crippen LogP) is 0.743. The van der Waals surface area contributed by atoms with Gasteiger partial charge in [0, 0.05) is 37.4 Å². The molecule has 2 aliphatic rings. The number of hydrogen-bond donors (Lipinski definition) is 3. The lowest BCUT2D eigenvalue weighted by atomic mass is 10.0. The van der Waals surface area contributed by atoms with E-state index in [1.807, 2.05) is 0 Å². The summed E-state index contributed by atoms with van der Waals surface area (Å²) < 4.78 is 5.68. The molecule has 20 heavy (non-hydrogen) atoms. The van der Waals surface area contributed by atoms with Gasteiger partial charge in [-0.15, -0.1) is 0 Å². The standard InChI is InChI=1S/C14H22N4O2/c1-2-10(12-4-3-7-20-12)16-14(19)13-9-8-15-6-5-11(9)17-18-13/h10,12,15H,2-8H2,1H3,(H,16,19)(H,17,18). The van der Waals surface area contributed by atoms with Crippen molar-refractivity contribution in [1.29, 1.82) is 0 Å². The summed E-state index contributed by atoms with van der Waals surface area (Å²) in [6.07, 6.45) is 4.04. The molecule has 0 bridgehead atoms. The van der Waals surface area contributed by atoms with Crippen LogP contribution in [0.1, 0.15) is 47.9 Å². The van der Waals surface area contributed by atoms with Gasteiger partial charge in [-0.25, -0.2) is 0 Å². The Morgan fingerprint density at radius 3 is 3.25 bits per heavy atom. The lowest BCUT2D eigenvalue weighted by Crippen LogP contribution is -2.43. The predicted molar refractivity (Wildman–Crippen MR) is 74.5 cm³/mol. The summed E-state index contributed by atoms with van der Waals surface area (Å²) in [4.78, 5) is 12.4. The number of ether oxygens (including phenoxy) is 1. The van der Waals surface area contributed by atoms with E-state index in [1.54, 1.807) is 0 Å². The maximum Gasteiger partial charge on any atom is 0.272 e. The van der Waals surface area contributed by atoms with Crippen LogP contribution in [0.5, 0.6) is 0 Å². The highest BCUT2D eigenvalue weighted by atomic mass is 16.5. The zero-order chi connectivity index (χ0) is 13.9. The van der Waals surface area contributed by atoms with Crippen molar-refractivity contribution in [1.82, 2.24) is 20.8 Å². The molecule has 1 aromatic heterocycles. The van der Waals surface area contributed by atoms with Gasteiger partial charge < -0.3 is 15.4 Å². The number of nitrogens with one attached hydrogen (secondary N) is 3. The molecule has 2 atom stereocenters. The van der Waals surface area contributed by atoms with Crippen molar-refractivity contribution < 1.29 is 9.53 Å². The SMILES string of the molecule is CCC(NC(=O)c1n[nH]c2c1CNCC2)C1CCCO1. The number of carbonyl (C=O) groups is 1. The molecule has 0 radical (unpaired) electrons. The van der Waals surface area contributed by atoms with Crippen molar-refractivity contribution in [2.75, 3.05) is 13.2 Å². The van der Waals surface area contributed by atoms with Crippen molar-refractivity contribution in [2.45, 2.75) is 51.3 Å². The van der Waals surface area contributed by atoms with Gasteiger partial charge >= 0.3 is 0 Å². The first-order chi connectivity index (χ1) is 9.79. The van der Waals surface area contributed by atoms with E-state index in [2.05, 4.69) is 27.8 Å². The van der Waals surface area contributed by atoms with Crippen LogP contribution in [0.25, 0.3) is 0 Å². The van der Waals surface area contributed by atoms with Gasteiger partial charge in [0.15, 0.2) is 5.69 Å². The molecule has 2 aliphatic heterocycles. The molecule has 1 saturated heterocycles. The molecule has 110 valence electrons. The Morgan fingerprint density at radius 2 is 2.50 bits per heavy atom. The number of H-pyrrole nitrogens is 1. The van der Waals surface area contributed by atoms with Gasteiger partial charge in [-0.05, 0) is 19.3 Å². The topological polar surface area (TPSA) is 79.0 Å². The van der Waals surface area contributed by atoms with E-state index >= 15 is 0 Å². The minimum absolute atomic E-state index is 0.0777. The zero-order valence-corrected chi connectivity index (χ0v) is 11.9. The largest absolute Gasteiger partial charge is 0.376 e. The summed E-state index contributed by atoms with van der Waals surface area (Å²) in [5.74, 6) is -0.0893. The molecule has 6 nitrogen and oxygen atoms in total. The first-order valence-corrected chi connectivity index (χ1v) is 7.49. The monoisotopic (exact) mass is 278 g/mol. The molecule has 1 aromatic rings. The molecule has 3 heterocycles. The quantitative estimate of drug-likeness (QED) is 0.759.